The van der Waals surface area contributed by atoms with Crippen molar-refractivity contribution in [2.24, 2.45) is 46.3 Å². The molecule has 0 saturated heterocycles. The molecule has 168 valence electrons. The molecule has 8 atom stereocenters. The molecule has 4 aliphatic rings. The van der Waals surface area contributed by atoms with Crippen molar-refractivity contribution in [3.05, 3.63) is 35.5 Å². The zero-order valence-corrected chi connectivity index (χ0v) is 20.7. The number of allylic oxidation sites excluding steroid dienone is 5. The van der Waals surface area contributed by atoms with Gasteiger partial charge in [0, 0.05) is 7.11 Å². The van der Waals surface area contributed by atoms with E-state index in [-0.39, 0.29) is 0 Å². The molecule has 0 aromatic heterocycles. The van der Waals surface area contributed by atoms with Crippen LogP contribution in [0.3, 0.4) is 0 Å². The molecule has 1 nitrogen and oxygen atoms in total. The van der Waals surface area contributed by atoms with Crippen LogP contribution in [0.1, 0.15) is 86.5 Å². The highest BCUT2D eigenvalue weighted by Crippen LogP contribution is 2.66. The van der Waals surface area contributed by atoms with Crippen LogP contribution >= 0.6 is 0 Å². The third kappa shape index (κ3) is 3.58. The number of hydrogen-bond acceptors (Lipinski definition) is 1. The van der Waals surface area contributed by atoms with Gasteiger partial charge in [-0.15, -0.1) is 0 Å². The summed E-state index contributed by atoms with van der Waals surface area (Å²) < 4.78 is 5.73. The van der Waals surface area contributed by atoms with E-state index in [0.717, 1.165) is 30.1 Å². The molecule has 0 heterocycles. The molecule has 30 heavy (non-hydrogen) atoms. The van der Waals surface area contributed by atoms with Gasteiger partial charge in [0.2, 0.25) is 0 Å². The van der Waals surface area contributed by atoms with E-state index in [9.17, 15) is 0 Å². The molecule has 3 saturated carbocycles. The smallest absolute Gasteiger partial charge is 0.0609 e. The maximum atomic E-state index is 5.73. The Morgan fingerprint density at radius 2 is 1.70 bits per heavy atom. The fourth-order valence-corrected chi connectivity index (χ4v) is 7.78. The Bertz CT molecular complexity index is 727. The van der Waals surface area contributed by atoms with Gasteiger partial charge in [-0.2, -0.15) is 0 Å². The van der Waals surface area contributed by atoms with Gasteiger partial charge < -0.3 is 4.74 Å². The van der Waals surface area contributed by atoms with Crippen molar-refractivity contribution in [2.45, 2.75) is 92.6 Å². The van der Waals surface area contributed by atoms with Crippen LogP contribution in [0.2, 0.25) is 0 Å². The van der Waals surface area contributed by atoms with Gasteiger partial charge in [0.25, 0.3) is 0 Å². The highest BCUT2D eigenvalue weighted by molar-refractivity contribution is 5.39. The van der Waals surface area contributed by atoms with Gasteiger partial charge in [0.05, 0.1) is 6.10 Å². The number of methoxy groups -OCH3 is 1. The Morgan fingerprint density at radius 1 is 0.933 bits per heavy atom. The van der Waals surface area contributed by atoms with Crippen molar-refractivity contribution in [3.63, 3.8) is 0 Å². The summed E-state index contributed by atoms with van der Waals surface area (Å²) in [7, 11) is 1.89. The molecule has 0 N–H and O–H groups in total. The summed E-state index contributed by atoms with van der Waals surface area (Å²) in [4.78, 5) is 0. The quantitative estimate of drug-likeness (QED) is 0.417. The van der Waals surface area contributed by atoms with E-state index in [0.29, 0.717) is 28.8 Å². The molecule has 0 aromatic carbocycles. The molecule has 3 fully saturated rings. The minimum Gasteiger partial charge on any atom is -0.381 e. The number of fused-ring (bicyclic) bond motifs is 5. The third-order valence-corrected chi connectivity index (χ3v) is 10.3. The van der Waals surface area contributed by atoms with Crippen LogP contribution in [-0.2, 0) is 4.74 Å². The van der Waals surface area contributed by atoms with Crippen molar-refractivity contribution in [2.75, 3.05) is 7.11 Å². The first-order valence-corrected chi connectivity index (χ1v) is 12.8. The molecule has 1 heteroatoms. The largest absolute Gasteiger partial charge is 0.381 e. The molecule has 1 unspecified atom stereocenters. The van der Waals surface area contributed by atoms with Crippen molar-refractivity contribution in [3.8, 4) is 0 Å². The lowest BCUT2D eigenvalue weighted by atomic mass is 9.50. The highest BCUT2D eigenvalue weighted by atomic mass is 16.5. The second kappa shape index (κ2) is 8.27. The first kappa shape index (κ1) is 22.4. The second-order valence-electron chi connectivity index (χ2n) is 12.1. The Labute approximate surface area is 186 Å². The standard InChI is InChI=1S/C29H46O/c1-19(2)20(3)8-9-21(4)25-12-13-26-24-11-10-22-18-23(30-7)14-16-28(22,5)27(24)15-17-29(25,26)6/h8-11,19-21,23,25-27H,12-18H2,1-7H3/b9-8+/t20-,21?,23-,25+,26-,27-,28-,29+/m0/s1. The monoisotopic (exact) mass is 410 g/mol. The van der Waals surface area contributed by atoms with Gasteiger partial charge in [0.1, 0.15) is 0 Å². The normalized spacial score (nSPS) is 42.9. The minimum absolute atomic E-state index is 0.386. The molecule has 0 radical (unpaired) electrons. The van der Waals surface area contributed by atoms with Gasteiger partial charge in [0.15, 0.2) is 0 Å². The lowest BCUT2D eigenvalue weighted by Crippen LogP contribution is -2.46. The Kier molecular flexibility index (Phi) is 6.17. The minimum atomic E-state index is 0.386. The molecule has 4 rings (SSSR count). The molecule has 0 aromatic rings. The predicted octanol–water partition coefficient (Wildman–Crippen LogP) is 7.98. The summed E-state index contributed by atoms with van der Waals surface area (Å²) in [5.74, 6) is 4.52. The number of hydrogen-bond donors (Lipinski definition) is 0. The topological polar surface area (TPSA) is 9.23 Å². The van der Waals surface area contributed by atoms with Crippen molar-refractivity contribution in [1.82, 2.24) is 0 Å². The van der Waals surface area contributed by atoms with Crippen LogP contribution in [0, 0.1) is 46.3 Å². The van der Waals surface area contributed by atoms with E-state index in [4.69, 9.17) is 4.74 Å². The number of rotatable bonds is 5. The van der Waals surface area contributed by atoms with E-state index in [2.05, 4.69) is 65.8 Å². The first-order valence-electron chi connectivity index (χ1n) is 12.8. The third-order valence-electron chi connectivity index (χ3n) is 10.3. The molecule has 0 amide bonds. The second-order valence-corrected chi connectivity index (χ2v) is 12.1. The zero-order chi connectivity index (χ0) is 21.7. The Hall–Kier alpha value is -0.820. The predicted molar refractivity (Wildman–Crippen MR) is 128 cm³/mol. The van der Waals surface area contributed by atoms with Crippen LogP contribution in [0.15, 0.2) is 35.5 Å². The maximum absolute atomic E-state index is 5.73. The summed E-state index contributed by atoms with van der Waals surface area (Å²) in [5, 5.41) is 0. The van der Waals surface area contributed by atoms with E-state index < -0.39 is 0 Å². The van der Waals surface area contributed by atoms with E-state index in [1.54, 1.807) is 5.57 Å². The van der Waals surface area contributed by atoms with E-state index in [1.807, 2.05) is 12.7 Å². The summed E-state index contributed by atoms with van der Waals surface area (Å²) in [6.45, 7) is 14.8. The van der Waals surface area contributed by atoms with Gasteiger partial charge >= 0.3 is 0 Å². The van der Waals surface area contributed by atoms with Crippen LogP contribution in [0.25, 0.3) is 0 Å². The summed E-state index contributed by atoms with van der Waals surface area (Å²) in [5.41, 5.74) is 4.36. The molecule has 4 aliphatic carbocycles. The van der Waals surface area contributed by atoms with Crippen LogP contribution in [0.4, 0.5) is 0 Å². The Balaban J connectivity index is 1.56. The van der Waals surface area contributed by atoms with Gasteiger partial charge in [-0.3, -0.25) is 0 Å². The van der Waals surface area contributed by atoms with Gasteiger partial charge in [-0.05, 0) is 91.3 Å². The fraction of sp³-hybridized carbons (Fsp3) is 0.793. The first-order chi connectivity index (χ1) is 14.2. The van der Waals surface area contributed by atoms with Crippen LogP contribution in [0.5, 0.6) is 0 Å². The summed E-state index contributed by atoms with van der Waals surface area (Å²) in [6.07, 6.45) is 19.9. The van der Waals surface area contributed by atoms with Crippen molar-refractivity contribution < 1.29 is 4.74 Å². The molecule has 0 spiro atoms. The average Bonchev–Trinajstić information content (AvgIpc) is 3.08. The lowest BCUT2D eigenvalue weighted by molar-refractivity contribution is 0.0228. The number of ether oxygens (including phenoxy) is 1. The van der Waals surface area contributed by atoms with Gasteiger partial charge in [-0.1, -0.05) is 77.0 Å². The fourth-order valence-electron chi connectivity index (χ4n) is 7.78. The Morgan fingerprint density at radius 3 is 2.40 bits per heavy atom. The van der Waals surface area contributed by atoms with E-state index in [1.165, 1.54) is 38.5 Å². The maximum Gasteiger partial charge on any atom is 0.0609 e. The van der Waals surface area contributed by atoms with E-state index >= 15 is 0 Å². The SMILES string of the molecule is CO[C@H]1CC[C@@]2(C)C(=CC=C3[C@@H]4CC[C@H](C(C)/C=C/[C@H](C)C(C)C)[C@@]4(C)CC[C@@H]32)C1. The highest BCUT2D eigenvalue weighted by Gasteiger charge is 2.56. The van der Waals surface area contributed by atoms with Gasteiger partial charge in [-0.25, -0.2) is 0 Å². The molecular weight excluding hydrogens is 364 g/mol. The zero-order valence-electron chi connectivity index (χ0n) is 20.7. The average molecular weight is 411 g/mol. The summed E-state index contributed by atoms with van der Waals surface area (Å²) in [6, 6.07) is 0. The molecule has 0 bridgehead atoms. The molecular formula is C29H46O. The van der Waals surface area contributed by atoms with Crippen molar-refractivity contribution >= 4 is 0 Å². The van der Waals surface area contributed by atoms with Crippen LogP contribution < -0.4 is 0 Å². The van der Waals surface area contributed by atoms with Crippen molar-refractivity contribution in [1.29, 1.82) is 0 Å². The molecule has 0 aliphatic heterocycles. The van der Waals surface area contributed by atoms with Crippen LogP contribution in [-0.4, -0.2) is 13.2 Å². The summed E-state index contributed by atoms with van der Waals surface area (Å²) >= 11 is 0. The lowest BCUT2D eigenvalue weighted by Gasteiger charge is -2.55.